The van der Waals surface area contributed by atoms with Crippen LogP contribution in [0.5, 0.6) is 0 Å². The number of carbonyl (C=O) groups is 1. The monoisotopic (exact) mass is 402 g/mol. The summed E-state index contributed by atoms with van der Waals surface area (Å²) < 4.78 is 27.5. The lowest BCUT2D eigenvalue weighted by molar-refractivity contribution is 0.102. The van der Waals surface area contributed by atoms with Crippen molar-refractivity contribution < 1.29 is 13.2 Å². The summed E-state index contributed by atoms with van der Waals surface area (Å²) in [6.45, 7) is 7.10. The van der Waals surface area contributed by atoms with Crippen LogP contribution in [0, 0.1) is 6.92 Å². The van der Waals surface area contributed by atoms with E-state index in [1.807, 2.05) is 25.1 Å². The van der Waals surface area contributed by atoms with Crippen molar-refractivity contribution in [2.45, 2.75) is 51.3 Å². The SMILES string of the molecule is CCCCN(CCCC)S(=O)(=O)c1ccc(NC(=O)c2cccc(C)c2)cc1. The van der Waals surface area contributed by atoms with Crippen LogP contribution in [0.3, 0.4) is 0 Å². The summed E-state index contributed by atoms with van der Waals surface area (Å²) in [5.41, 5.74) is 2.15. The predicted molar refractivity (Wildman–Crippen MR) is 114 cm³/mol. The second kappa shape index (κ2) is 10.4. The van der Waals surface area contributed by atoms with Crippen LogP contribution < -0.4 is 5.32 Å². The first-order chi connectivity index (χ1) is 13.4. The van der Waals surface area contributed by atoms with Crippen LogP contribution in [-0.4, -0.2) is 31.7 Å². The molecule has 0 spiro atoms. The van der Waals surface area contributed by atoms with Crippen molar-refractivity contribution in [3.8, 4) is 0 Å². The number of aryl methyl sites for hydroxylation is 1. The van der Waals surface area contributed by atoms with Gasteiger partial charge < -0.3 is 5.32 Å². The molecule has 0 saturated heterocycles. The third-order valence-corrected chi connectivity index (χ3v) is 6.47. The van der Waals surface area contributed by atoms with Crippen LogP contribution in [0.25, 0.3) is 0 Å². The lowest BCUT2D eigenvalue weighted by atomic mass is 10.1. The Hall–Kier alpha value is -2.18. The first-order valence-electron chi connectivity index (χ1n) is 9.86. The number of unbranched alkanes of at least 4 members (excludes halogenated alkanes) is 2. The number of rotatable bonds is 10. The fraction of sp³-hybridized carbons (Fsp3) is 0.409. The largest absolute Gasteiger partial charge is 0.322 e. The fourth-order valence-corrected chi connectivity index (χ4v) is 4.39. The lowest BCUT2D eigenvalue weighted by Crippen LogP contribution is -2.33. The minimum absolute atomic E-state index is 0.216. The van der Waals surface area contributed by atoms with Gasteiger partial charge in [-0.15, -0.1) is 0 Å². The number of sulfonamides is 1. The van der Waals surface area contributed by atoms with Crippen molar-refractivity contribution in [1.82, 2.24) is 4.31 Å². The van der Waals surface area contributed by atoms with Gasteiger partial charge in [0, 0.05) is 24.3 Å². The third-order valence-electron chi connectivity index (χ3n) is 4.55. The van der Waals surface area contributed by atoms with Crippen molar-refractivity contribution in [2.75, 3.05) is 18.4 Å². The molecule has 5 nitrogen and oxygen atoms in total. The maximum absolute atomic E-state index is 13.0. The van der Waals surface area contributed by atoms with Crippen LogP contribution in [0.4, 0.5) is 5.69 Å². The van der Waals surface area contributed by atoms with Crippen molar-refractivity contribution in [1.29, 1.82) is 0 Å². The first kappa shape index (κ1) is 22.1. The zero-order valence-electron chi connectivity index (χ0n) is 16.9. The molecule has 0 fully saturated rings. The molecule has 0 unspecified atom stereocenters. The van der Waals surface area contributed by atoms with E-state index >= 15 is 0 Å². The Bertz CT molecular complexity index is 869. The summed E-state index contributed by atoms with van der Waals surface area (Å²) in [6.07, 6.45) is 3.57. The summed E-state index contributed by atoms with van der Waals surface area (Å²) in [5.74, 6) is -0.216. The summed E-state index contributed by atoms with van der Waals surface area (Å²) in [5, 5.41) is 2.81. The Morgan fingerprint density at radius 3 is 2.11 bits per heavy atom. The number of anilines is 1. The second-order valence-electron chi connectivity index (χ2n) is 6.96. The van der Waals surface area contributed by atoms with E-state index in [1.54, 1.807) is 34.6 Å². The van der Waals surface area contributed by atoms with Crippen LogP contribution in [0.15, 0.2) is 53.4 Å². The Kier molecular flexibility index (Phi) is 8.20. The van der Waals surface area contributed by atoms with Gasteiger partial charge in [-0.05, 0) is 56.2 Å². The molecule has 0 bridgehead atoms. The van der Waals surface area contributed by atoms with Gasteiger partial charge in [-0.25, -0.2) is 8.42 Å². The quantitative estimate of drug-likeness (QED) is 0.618. The van der Waals surface area contributed by atoms with E-state index in [0.29, 0.717) is 24.3 Å². The molecule has 0 saturated carbocycles. The van der Waals surface area contributed by atoms with Gasteiger partial charge in [0.05, 0.1) is 4.90 Å². The lowest BCUT2D eigenvalue weighted by Gasteiger charge is -2.22. The number of benzene rings is 2. The minimum atomic E-state index is -3.53. The molecular formula is C22H30N2O3S. The van der Waals surface area contributed by atoms with Gasteiger partial charge in [0.15, 0.2) is 0 Å². The highest BCUT2D eigenvalue weighted by atomic mass is 32.2. The van der Waals surface area contributed by atoms with E-state index in [2.05, 4.69) is 19.2 Å². The number of hydrogen-bond donors (Lipinski definition) is 1. The summed E-state index contributed by atoms with van der Waals surface area (Å²) in [4.78, 5) is 12.6. The van der Waals surface area contributed by atoms with Crippen molar-refractivity contribution >= 4 is 21.6 Å². The highest BCUT2D eigenvalue weighted by molar-refractivity contribution is 7.89. The molecule has 2 aromatic carbocycles. The molecule has 2 rings (SSSR count). The number of nitrogens with zero attached hydrogens (tertiary/aromatic N) is 1. The maximum Gasteiger partial charge on any atom is 0.255 e. The molecule has 1 amide bonds. The van der Waals surface area contributed by atoms with Gasteiger partial charge in [-0.1, -0.05) is 44.4 Å². The van der Waals surface area contributed by atoms with E-state index in [9.17, 15) is 13.2 Å². The van der Waals surface area contributed by atoms with E-state index in [0.717, 1.165) is 31.2 Å². The third kappa shape index (κ3) is 5.91. The number of carbonyl (C=O) groups excluding carboxylic acids is 1. The summed E-state index contributed by atoms with van der Waals surface area (Å²) in [7, 11) is -3.53. The van der Waals surface area contributed by atoms with E-state index in [1.165, 1.54) is 0 Å². The van der Waals surface area contributed by atoms with Crippen molar-refractivity contribution in [3.63, 3.8) is 0 Å². The van der Waals surface area contributed by atoms with Gasteiger partial charge in [0.25, 0.3) is 5.91 Å². The van der Waals surface area contributed by atoms with Crippen molar-refractivity contribution in [3.05, 3.63) is 59.7 Å². The molecule has 28 heavy (non-hydrogen) atoms. The Morgan fingerprint density at radius 2 is 1.57 bits per heavy atom. The molecule has 0 aliphatic carbocycles. The molecular weight excluding hydrogens is 372 g/mol. The van der Waals surface area contributed by atoms with Gasteiger partial charge >= 0.3 is 0 Å². The smallest absolute Gasteiger partial charge is 0.255 e. The number of hydrogen-bond acceptors (Lipinski definition) is 3. The highest BCUT2D eigenvalue weighted by Crippen LogP contribution is 2.20. The summed E-state index contributed by atoms with van der Waals surface area (Å²) in [6, 6.07) is 13.7. The van der Waals surface area contributed by atoms with E-state index in [-0.39, 0.29) is 10.8 Å². The molecule has 0 aromatic heterocycles. The molecule has 0 aliphatic heterocycles. The molecule has 152 valence electrons. The van der Waals surface area contributed by atoms with E-state index in [4.69, 9.17) is 0 Å². The van der Waals surface area contributed by atoms with Crippen LogP contribution in [0.2, 0.25) is 0 Å². The average molecular weight is 403 g/mol. The average Bonchev–Trinajstić information content (AvgIpc) is 2.68. The van der Waals surface area contributed by atoms with Gasteiger partial charge in [-0.3, -0.25) is 4.79 Å². The van der Waals surface area contributed by atoms with Crippen LogP contribution >= 0.6 is 0 Å². The Labute approximate surface area is 168 Å². The first-order valence-corrected chi connectivity index (χ1v) is 11.3. The van der Waals surface area contributed by atoms with Gasteiger partial charge in [0.2, 0.25) is 10.0 Å². The standard InChI is InChI=1S/C22H30N2O3S/c1-4-6-15-24(16-7-5-2)28(26,27)21-13-11-20(12-14-21)23-22(25)19-10-8-9-18(3)17-19/h8-14,17H,4-7,15-16H2,1-3H3,(H,23,25). The zero-order chi connectivity index (χ0) is 20.6. The molecule has 1 N–H and O–H groups in total. The normalized spacial score (nSPS) is 11.6. The fourth-order valence-electron chi connectivity index (χ4n) is 2.87. The molecule has 0 radical (unpaired) electrons. The van der Waals surface area contributed by atoms with Gasteiger partial charge in [-0.2, -0.15) is 4.31 Å². The minimum Gasteiger partial charge on any atom is -0.322 e. The van der Waals surface area contributed by atoms with Crippen LogP contribution in [0.1, 0.15) is 55.5 Å². The zero-order valence-corrected chi connectivity index (χ0v) is 17.8. The molecule has 0 atom stereocenters. The van der Waals surface area contributed by atoms with Crippen LogP contribution in [-0.2, 0) is 10.0 Å². The maximum atomic E-state index is 13.0. The van der Waals surface area contributed by atoms with Crippen molar-refractivity contribution in [2.24, 2.45) is 0 Å². The van der Waals surface area contributed by atoms with Gasteiger partial charge in [0.1, 0.15) is 0 Å². The molecule has 2 aromatic rings. The predicted octanol–water partition coefficient (Wildman–Crippen LogP) is 4.84. The molecule has 6 heteroatoms. The highest BCUT2D eigenvalue weighted by Gasteiger charge is 2.23. The summed E-state index contributed by atoms with van der Waals surface area (Å²) >= 11 is 0. The molecule has 0 aliphatic rings. The molecule has 0 heterocycles. The Morgan fingerprint density at radius 1 is 0.964 bits per heavy atom. The Balaban J connectivity index is 2.13. The topological polar surface area (TPSA) is 66.5 Å². The number of amides is 1. The van der Waals surface area contributed by atoms with E-state index < -0.39 is 10.0 Å². The number of nitrogens with one attached hydrogen (secondary N) is 1. The second-order valence-corrected chi connectivity index (χ2v) is 8.90.